The summed E-state index contributed by atoms with van der Waals surface area (Å²) in [4.78, 5) is 11.5. The van der Waals surface area contributed by atoms with Gasteiger partial charge in [0.25, 0.3) is 0 Å². The first-order valence-electron chi connectivity index (χ1n) is 15.8. The lowest BCUT2D eigenvalue weighted by molar-refractivity contribution is 0.155. The monoisotopic (exact) mass is 614 g/mol. The van der Waals surface area contributed by atoms with Gasteiger partial charge in [0.1, 0.15) is 17.2 Å². The second-order valence-electron chi connectivity index (χ2n) is 13.2. The standard InChI is InChI=1S/C35H36Cl2N4O2/c1-21-14-31(42-25-4-2-3-5-25)26-16-24(8-9-30(26)39-21)41-12-10-35(11-13-41)17-22(18-35)15-27-33(40-43-34(27)23-6-7-23)32-28(36)19-38-20-29(32)37/h8-9,14-16,19-20,23,25H,2-7,10-13,17-18H2,1H3. The first-order valence-corrected chi connectivity index (χ1v) is 16.5. The number of aryl methyl sites for hydroxylation is 1. The van der Waals surface area contributed by atoms with E-state index in [1.807, 2.05) is 0 Å². The smallest absolute Gasteiger partial charge is 0.147 e. The van der Waals surface area contributed by atoms with Crippen LogP contribution >= 0.6 is 23.2 Å². The van der Waals surface area contributed by atoms with E-state index >= 15 is 0 Å². The largest absolute Gasteiger partial charge is 0.490 e. The third kappa shape index (κ3) is 5.21. The number of aromatic nitrogens is 3. The van der Waals surface area contributed by atoms with Crippen LogP contribution in [0.15, 0.2) is 46.8 Å². The molecule has 3 aliphatic carbocycles. The van der Waals surface area contributed by atoms with Crippen LogP contribution in [0.2, 0.25) is 10.0 Å². The van der Waals surface area contributed by atoms with Gasteiger partial charge in [-0.05, 0) is 101 Å². The quantitative estimate of drug-likeness (QED) is 0.215. The van der Waals surface area contributed by atoms with Crippen LogP contribution in [-0.4, -0.2) is 34.3 Å². The van der Waals surface area contributed by atoms with Crippen LogP contribution in [0.4, 0.5) is 5.69 Å². The molecule has 1 aliphatic heterocycles. The van der Waals surface area contributed by atoms with Crippen molar-refractivity contribution in [2.24, 2.45) is 5.41 Å². The van der Waals surface area contributed by atoms with Gasteiger partial charge in [-0.2, -0.15) is 0 Å². The van der Waals surface area contributed by atoms with Crippen molar-refractivity contribution in [2.75, 3.05) is 18.0 Å². The molecule has 1 spiro atoms. The number of rotatable bonds is 6. The maximum Gasteiger partial charge on any atom is 0.147 e. The van der Waals surface area contributed by atoms with Gasteiger partial charge in [0, 0.05) is 65.4 Å². The summed E-state index contributed by atoms with van der Waals surface area (Å²) in [6.07, 6.45) is 17.6. The molecular formula is C35H36Cl2N4O2. The normalized spacial score (nSPS) is 20.2. The molecule has 1 aromatic carbocycles. The van der Waals surface area contributed by atoms with E-state index in [-0.39, 0.29) is 0 Å². The second-order valence-corrected chi connectivity index (χ2v) is 14.0. The Hall–Kier alpha value is -3.09. The van der Waals surface area contributed by atoms with E-state index in [0.29, 0.717) is 33.0 Å². The Kier molecular flexibility index (Phi) is 6.91. The molecule has 4 heterocycles. The number of anilines is 1. The van der Waals surface area contributed by atoms with Gasteiger partial charge >= 0.3 is 0 Å². The number of ether oxygens (including phenoxy) is 1. The van der Waals surface area contributed by atoms with Crippen LogP contribution in [0.3, 0.4) is 0 Å². The van der Waals surface area contributed by atoms with Crippen LogP contribution in [0.25, 0.3) is 28.2 Å². The highest BCUT2D eigenvalue weighted by Gasteiger charge is 2.43. The Labute approximate surface area is 262 Å². The second kappa shape index (κ2) is 10.8. The van der Waals surface area contributed by atoms with Crippen molar-refractivity contribution in [3.05, 3.63) is 69.3 Å². The zero-order chi connectivity index (χ0) is 29.1. The Balaban J connectivity index is 0.989. The zero-order valence-electron chi connectivity index (χ0n) is 24.5. The molecule has 8 rings (SSSR count). The minimum atomic E-state index is 0.331. The molecule has 222 valence electrons. The third-order valence-corrected chi connectivity index (χ3v) is 10.6. The Morgan fingerprint density at radius 2 is 1.74 bits per heavy atom. The number of piperidine rings is 1. The van der Waals surface area contributed by atoms with E-state index in [1.54, 1.807) is 12.4 Å². The number of hydrogen-bond acceptors (Lipinski definition) is 6. The maximum absolute atomic E-state index is 6.53. The molecule has 4 aliphatic rings. The molecule has 0 radical (unpaired) electrons. The lowest BCUT2D eigenvalue weighted by Crippen LogP contribution is -2.44. The summed E-state index contributed by atoms with van der Waals surface area (Å²) in [6.45, 7) is 4.18. The topological polar surface area (TPSA) is 64.3 Å². The van der Waals surface area contributed by atoms with Crippen molar-refractivity contribution in [1.82, 2.24) is 15.1 Å². The highest BCUT2D eigenvalue weighted by molar-refractivity contribution is 6.39. The van der Waals surface area contributed by atoms with Crippen molar-refractivity contribution >= 4 is 45.9 Å². The molecule has 0 amide bonds. The van der Waals surface area contributed by atoms with Crippen molar-refractivity contribution in [1.29, 1.82) is 0 Å². The number of nitrogens with zero attached hydrogens (tertiary/aromatic N) is 4. The molecule has 4 aromatic rings. The zero-order valence-corrected chi connectivity index (χ0v) is 26.1. The van der Waals surface area contributed by atoms with Crippen LogP contribution in [0.1, 0.15) is 87.1 Å². The number of benzene rings is 1. The Morgan fingerprint density at radius 3 is 2.47 bits per heavy atom. The Morgan fingerprint density at radius 1 is 1.00 bits per heavy atom. The minimum Gasteiger partial charge on any atom is -0.490 e. The average Bonchev–Trinajstić information content (AvgIpc) is 3.54. The van der Waals surface area contributed by atoms with E-state index in [1.165, 1.54) is 36.9 Å². The van der Waals surface area contributed by atoms with E-state index < -0.39 is 0 Å². The number of halogens is 2. The predicted molar refractivity (Wildman–Crippen MR) is 172 cm³/mol. The molecule has 0 atom stereocenters. The first kappa shape index (κ1) is 27.5. The lowest BCUT2D eigenvalue weighted by atomic mass is 9.60. The molecule has 0 unspecified atom stereocenters. The summed E-state index contributed by atoms with van der Waals surface area (Å²) in [5, 5.41) is 6.58. The fourth-order valence-electron chi connectivity index (χ4n) is 7.51. The van der Waals surface area contributed by atoms with E-state index in [9.17, 15) is 0 Å². The van der Waals surface area contributed by atoms with Crippen LogP contribution in [-0.2, 0) is 0 Å². The molecular weight excluding hydrogens is 579 g/mol. The molecule has 0 N–H and O–H groups in total. The molecule has 4 fully saturated rings. The Bertz CT molecular complexity index is 1700. The van der Waals surface area contributed by atoms with Gasteiger partial charge in [0.05, 0.1) is 21.7 Å². The van der Waals surface area contributed by atoms with E-state index in [0.717, 1.165) is 91.0 Å². The predicted octanol–water partition coefficient (Wildman–Crippen LogP) is 9.56. The lowest BCUT2D eigenvalue weighted by Gasteiger charge is -2.50. The molecule has 0 bridgehead atoms. The summed E-state index contributed by atoms with van der Waals surface area (Å²) in [5.74, 6) is 2.40. The number of allylic oxidation sites excluding steroid dienone is 1. The third-order valence-electron chi connectivity index (χ3n) is 10.0. The summed E-state index contributed by atoms with van der Waals surface area (Å²) in [6, 6.07) is 8.83. The molecule has 43 heavy (non-hydrogen) atoms. The van der Waals surface area contributed by atoms with E-state index in [4.69, 9.17) is 37.4 Å². The summed E-state index contributed by atoms with van der Waals surface area (Å²) < 4.78 is 12.4. The molecule has 8 heteroatoms. The molecule has 1 saturated heterocycles. The van der Waals surface area contributed by atoms with Gasteiger partial charge < -0.3 is 14.2 Å². The van der Waals surface area contributed by atoms with Gasteiger partial charge in [0.2, 0.25) is 0 Å². The number of pyridine rings is 2. The number of hydrogen-bond donors (Lipinski definition) is 0. The SMILES string of the molecule is Cc1cc(OC2CCCC2)c2cc(N3CCC4(CC3)CC(=Cc3c(-c5c(Cl)cncc5Cl)noc3C3CC3)C4)ccc2n1. The molecule has 6 nitrogen and oxygen atoms in total. The van der Waals surface area contributed by atoms with Crippen LogP contribution < -0.4 is 9.64 Å². The summed E-state index contributed by atoms with van der Waals surface area (Å²) in [7, 11) is 0. The summed E-state index contributed by atoms with van der Waals surface area (Å²) in [5.41, 5.74) is 7.63. The van der Waals surface area contributed by atoms with Gasteiger partial charge in [-0.1, -0.05) is 33.9 Å². The number of fused-ring (bicyclic) bond motifs is 1. The van der Waals surface area contributed by atoms with Crippen LogP contribution in [0.5, 0.6) is 5.75 Å². The fraction of sp³-hybridized carbons (Fsp3) is 0.457. The first-order chi connectivity index (χ1) is 20.9. The van der Waals surface area contributed by atoms with Gasteiger partial charge in [0.15, 0.2) is 0 Å². The molecule has 3 aromatic heterocycles. The fourth-order valence-corrected chi connectivity index (χ4v) is 8.05. The highest BCUT2D eigenvalue weighted by atomic mass is 35.5. The molecule has 3 saturated carbocycles. The van der Waals surface area contributed by atoms with Crippen molar-refractivity contribution < 1.29 is 9.26 Å². The van der Waals surface area contributed by atoms with Gasteiger partial charge in [-0.25, -0.2) is 0 Å². The van der Waals surface area contributed by atoms with Gasteiger partial charge in [-0.15, -0.1) is 0 Å². The van der Waals surface area contributed by atoms with Crippen LogP contribution in [0, 0.1) is 12.3 Å². The van der Waals surface area contributed by atoms with Crippen molar-refractivity contribution in [3.8, 4) is 17.0 Å². The van der Waals surface area contributed by atoms with Gasteiger partial charge in [-0.3, -0.25) is 9.97 Å². The minimum absolute atomic E-state index is 0.331. The highest BCUT2D eigenvalue weighted by Crippen LogP contribution is 2.55. The average molecular weight is 616 g/mol. The van der Waals surface area contributed by atoms with Crippen molar-refractivity contribution in [2.45, 2.75) is 83.2 Å². The maximum atomic E-state index is 6.53. The van der Waals surface area contributed by atoms with Crippen molar-refractivity contribution in [3.63, 3.8) is 0 Å². The summed E-state index contributed by atoms with van der Waals surface area (Å²) >= 11 is 13.1. The van der Waals surface area contributed by atoms with E-state index in [2.05, 4.69) is 52.3 Å².